The van der Waals surface area contributed by atoms with Gasteiger partial charge in [0.1, 0.15) is 6.29 Å². The van der Waals surface area contributed by atoms with Crippen LogP contribution in [0.15, 0.2) is 47.4 Å². The Morgan fingerprint density at radius 2 is 1.83 bits per heavy atom. The van der Waals surface area contributed by atoms with E-state index in [-0.39, 0.29) is 4.90 Å². The van der Waals surface area contributed by atoms with Crippen LogP contribution in [0.5, 0.6) is 0 Å². The summed E-state index contributed by atoms with van der Waals surface area (Å²) >= 11 is 0. The summed E-state index contributed by atoms with van der Waals surface area (Å²) < 4.78 is 23.2. The maximum absolute atomic E-state index is 12.1. The van der Waals surface area contributed by atoms with Gasteiger partial charge in [0.15, 0.2) is 0 Å². The number of aryl methyl sites for hydroxylation is 1. The molecule has 3 N–H and O–H groups in total. The molecule has 0 atom stereocenters. The van der Waals surface area contributed by atoms with Gasteiger partial charge >= 0.3 is 0 Å². The van der Waals surface area contributed by atoms with Crippen molar-refractivity contribution < 1.29 is 18.0 Å². The smallest absolute Gasteiger partial charge is 0.255 e. The van der Waals surface area contributed by atoms with Crippen molar-refractivity contribution in [1.29, 1.82) is 0 Å². The average Bonchev–Trinajstić information content (AvgIpc) is 2.54. The van der Waals surface area contributed by atoms with E-state index in [9.17, 15) is 18.0 Å². The maximum Gasteiger partial charge on any atom is 0.255 e. The summed E-state index contributed by atoms with van der Waals surface area (Å²) in [5.41, 5.74) is 1.73. The van der Waals surface area contributed by atoms with E-state index in [1.807, 2.05) is 6.92 Å². The normalized spacial score (nSPS) is 11.0. The molecule has 2 aromatic rings. The Bertz CT molecular complexity index is 843. The van der Waals surface area contributed by atoms with Crippen LogP contribution in [0.3, 0.4) is 0 Å². The molecule has 0 aliphatic rings. The second-order valence-corrected chi connectivity index (χ2v) is 6.44. The van der Waals surface area contributed by atoms with Crippen molar-refractivity contribution in [3.8, 4) is 0 Å². The number of hydrogen-bond donors (Lipinski definition) is 2. The van der Waals surface area contributed by atoms with E-state index >= 15 is 0 Å². The summed E-state index contributed by atoms with van der Waals surface area (Å²) in [5.74, 6) is -0.410. The maximum atomic E-state index is 12.1. The van der Waals surface area contributed by atoms with Gasteiger partial charge in [0, 0.05) is 16.8 Å². The fourth-order valence-electron chi connectivity index (χ4n) is 2.11. The third kappa shape index (κ3) is 4.02. The van der Waals surface area contributed by atoms with E-state index in [0.29, 0.717) is 35.1 Å². The molecule has 0 heterocycles. The Balaban J connectivity index is 2.28. The summed E-state index contributed by atoms with van der Waals surface area (Å²) in [6.07, 6.45) is 1.19. The fraction of sp³-hybridized carbons (Fsp3) is 0.125. The van der Waals surface area contributed by atoms with Crippen LogP contribution < -0.4 is 10.5 Å². The van der Waals surface area contributed by atoms with Crippen molar-refractivity contribution in [3.63, 3.8) is 0 Å². The summed E-state index contributed by atoms with van der Waals surface area (Å²) in [6, 6.07) is 10.7. The van der Waals surface area contributed by atoms with E-state index in [1.165, 1.54) is 30.3 Å². The van der Waals surface area contributed by atoms with Gasteiger partial charge in [-0.15, -0.1) is 0 Å². The zero-order valence-electron chi connectivity index (χ0n) is 12.4. The summed E-state index contributed by atoms with van der Waals surface area (Å²) in [4.78, 5) is 22.7. The van der Waals surface area contributed by atoms with Gasteiger partial charge in [-0.3, -0.25) is 9.59 Å². The van der Waals surface area contributed by atoms with Gasteiger partial charge in [0.25, 0.3) is 5.91 Å². The number of amides is 1. The second-order valence-electron chi connectivity index (χ2n) is 4.92. The molecule has 23 heavy (non-hydrogen) atoms. The summed E-state index contributed by atoms with van der Waals surface area (Å²) in [5, 5.41) is 7.81. The van der Waals surface area contributed by atoms with Crippen LogP contribution in [0.2, 0.25) is 0 Å². The number of primary sulfonamides is 1. The second kappa shape index (κ2) is 6.72. The van der Waals surface area contributed by atoms with Crippen LogP contribution in [0.1, 0.15) is 33.2 Å². The molecule has 0 unspecified atom stereocenters. The van der Waals surface area contributed by atoms with Gasteiger partial charge in [0.05, 0.1) is 4.90 Å². The molecular weight excluding hydrogens is 316 g/mol. The van der Waals surface area contributed by atoms with E-state index in [1.54, 1.807) is 12.1 Å². The van der Waals surface area contributed by atoms with Crippen LogP contribution in [0.25, 0.3) is 0 Å². The molecule has 0 radical (unpaired) electrons. The van der Waals surface area contributed by atoms with Crippen LogP contribution >= 0.6 is 0 Å². The summed E-state index contributed by atoms with van der Waals surface area (Å²) in [7, 11) is -3.87. The number of nitrogens with two attached hydrogens (primary N) is 1. The Hall–Kier alpha value is -2.51. The van der Waals surface area contributed by atoms with E-state index in [0.717, 1.165) is 0 Å². The van der Waals surface area contributed by atoms with Crippen LogP contribution in [-0.4, -0.2) is 20.6 Å². The number of benzene rings is 2. The van der Waals surface area contributed by atoms with Crippen molar-refractivity contribution in [2.45, 2.75) is 18.2 Å². The largest absolute Gasteiger partial charge is 0.322 e. The van der Waals surface area contributed by atoms with Gasteiger partial charge in [0.2, 0.25) is 10.0 Å². The highest BCUT2D eigenvalue weighted by molar-refractivity contribution is 7.89. The van der Waals surface area contributed by atoms with Crippen molar-refractivity contribution in [3.05, 3.63) is 59.2 Å². The van der Waals surface area contributed by atoms with E-state index in [4.69, 9.17) is 5.14 Å². The molecule has 0 fully saturated rings. The predicted octanol–water partition coefficient (Wildman–Crippen LogP) is 1.96. The lowest BCUT2D eigenvalue weighted by Gasteiger charge is -2.10. The van der Waals surface area contributed by atoms with Gasteiger partial charge in [-0.25, -0.2) is 13.6 Å². The highest BCUT2D eigenvalue weighted by Crippen LogP contribution is 2.21. The van der Waals surface area contributed by atoms with Crippen LogP contribution in [0, 0.1) is 0 Å². The Morgan fingerprint density at radius 1 is 1.17 bits per heavy atom. The highest BCUT2D eigenvalue weighted by atomic mass is 32.2. The number of hydrogen-bond acceptors (Lipinski definition) is 4. The third-order valence-corrected chi connectivity index (χ3v) is 4.31. The molecule has 0 saturated carbocycles. The first-order chi connectivity index (χ1) is 10.8. The molecule has 2 rings (SSSR count). The first-order valence-electron chi connectivity index (χ1n) is 6.87. The molecule has 0 aromatic heterocycles. The standard InChI is InChI=1S/C16H16N2O4S/c1-2-12-7-8-14(9-15(12)23(17,21)22)18-16(20)13-5-3-11(10-19)4-6-13/h3-10H,2H2,1H3,(H,18,20)(H2,17,21,22). The molecule has 1 amide bonds. The Morgan fingerprint density at radius 3 is 2.35 bits per heavy atom. The minimum Gasteiger partial charge on any atom is -0.322 e. The molecule has 6 nitrogen and oxygen atoms in total. The zero-order valence-corrected chi connectivity index (χ0v) is 13.3. The number of carbonyl (C=O) groups is 2. The number of nitrogens with one attached hydrogen (secondary N) is 1. The van der Waals surface area contributed by atoms with Crippen molar-refractivity contribution in [2.75, 3.05) is 5.32 Å². The van der Waals surface area contributed by atoms with Crippen molar-refractivity contribution >= 4 is 27.9 Å². The topological polar surface area (TPSA) is 106 Å². The lowest BCUT2D eigenvalue weighted by Crippen LogP contribution is -2.16. The Kier molecular flexibility index (Phi) is 4.92. The molecule has 2 aromatic carbocycles. The monoisotopic (exact) mass is 332 g/mol. The minimum atomic E-state index is -3.87. The number of aldehydes is 1. The zero-order chi connectivity index (χ0) is 17.0. The SMILES string of the molecule is CCc1ccc(NC(=O)c2ccc(C=O)cc2)cc1S(N)(=O)=O. The molecular formula is C16H16N2O4S. The highest BCUT2D eigenvalue weighted by Gasteiger charge is 2.15. The molecule has 0 saturated heterocycles. The predicted molar refractivity (Wildman–Crippen MR) is 87.0 cm³/mol. The van der Waals surface area contributed by atoms with Crippen LogP contribution in [-0.2, 0) is 16.4 Å². The van der Waals surface area contributed by atoms with Gasteiger partial charge < -0.3 is 5.32 Å². The van der Waals surface area contributed by atoms with E-state index < -0.39 is 15.9 Å². The summed E-state index contributed by atoms with van der Waals surface area (Å²) in [6.45, 7) is 1.82. The first kappa shape index (κ1) is 16.9. The fourth-order valence-corrected chi connectivity index (χ4v) is 2.97. The average molecular weight is 332 g/mol. The van der Waals surface area contributed by atoms with Crippen molar-refractivity contribution in [2.24, 2.45) is 5.14 Å². The lowest BCUT2D eigenvalue weighted by atomic mass is 10.1. The minimum absolute atomic E-state index is 0.00546. The number of sulfonamides is 1. The van der Waals surface area contributed by atoms with Gasteiger partial charge in [-0.05, 0) is 36.2 Å². The molecule has 7 heteroatoms. The number of carbonyl (C=O) groups excluding carboxylic acids is 2. The number of rotatable bonds is 5. The van der Waals surface area contributed by atoms with Crippen molar-refractivity contribution in [1.82, 2.24) is 0 Å². The lowest BCUT2D eigenvalue weighted by molar-refractivity contribution is 0.102. The van der Waals surface area contributed by atoms with E-state index in [2.05, 4.69) is 5.32 Å². The molecule has 120 valence electrons. The molecule has 0 spiro atoms. The van der Waals surface area contributed by atoms with Crippen LogP contribution in [0.4, 0.5) is 5.69 Å². The quantitative estimate of drug-likeness (QED) is 0.816. The Labute approximate surface area is 134 Å². The number of anilines is 1. The van der Waals surface area contributed by atoms with Gasteiger partial charge in [-0.1, -0.05) is 25.1 Å². The molecule has 0 aliphatic carbocycles. The molecule has 0 bridgehead atoms. The third-order valence-electron chi connectivity index (χ3n) is 3.32. The first-order valence-corrected chi connectivity index (χ1v) is 8.42. The molecule has 0 aliphatic heterocycles. The van der Waals surface area contributed by atoms with Gasteiger partial charge in [-0.2, -0.15) is 0 Å².